The first-order valence-corrected chi connectivity index (χ1v) is 10.8. The van der Waals surface area contributed by atoms with Crippen LogP contribution in [-0.4, -0.2) is 56.9 Å². The molecule has 0 saturated carbocycles. The lowest BCUT2D eigenvalue weighted by Gasteiger charge is -2.08. The van der Waals surface area contributed by atoms with Crippen LogP contribution in [0.25, 0.3) is 0 Å². The fraction of sp³-hybridized carbons (Fsp3) is 0.333. The largest absolute Gasteiger partial charge is 0.497 e. The van der Waals surface area contributed by atoms with Gasteiger partial charge in [0.2, 0.25) is 0 Å². The van der Waals surface area contributed by atoms with Crippen LogP contribution in [0.15, 0.2) is 53.6 Å². The highest BCUT2D eigenvalue weighted by Gasteiger charge is 2.11. The van der Waals surface area contributed by atoms with Gasteiger partial charge in [0, 0.05) is 24.9 Å². The van der Waals surface area contributed by atoms with Gasteiger partial charge < -0.3 is 24.8 Å². The quantitative estimate of drug-likeness (QED) is 0.189. The molecule has 0 bridgehead atoms. The van der Waals surface area contributed by atoms with Gasteiger partial charge in [0.05, 0.1) is 19.4 Å². The second-order valence-electron chi connectivity index (χ2n) is 7.37. The van der Waals surface area contributed by atoms with Gasteiger partial charge in [0.15, 0.2) is 6.61 Å². The molecule has 182 valence electrons. The standard InChI is InChI=1S/C24H30N4O6/c1-17(2)33-13-5-12-25-23(30)24(31)28-26-15-18-8-10-20(11-9-18)34-16-22(29)27-19-6-4-7-21(14-19)32-3/h4,6-11,14-15,17H,5,12-13,16H2,1-3H3,(H,25,30)(H,27,29)(H,28,31)/b26-15-. The zero-order valence-corrected chi connectivity index (χ0v) is 19.5. The van der Waals surface area contributed by atoms with Gasteiger partial charge in [-0.1, -0.05) is 6.07 Å². The van der Waals surface area contributed by atoms with E-state index in [1.54, 1.807) is 55.6 Å². The van der Waals surface area contributed by atoms with Crippen LogP contribution >= 0.6 is 0 Å². The molecule has 34 heavy (non-hydrogen) atoms. The lowest BCUT2D eigenvalue weighted by atomic mass is 10.2. The minimum absolute atomic E-state index is 0.123. The molecule has 0 atom stereocenters. The maximum absolute atomic E-state index is 12.1. The Balaban J connectivity index is 1.69. The van der Waals surface area contributed by atoms with Crippen molar-refractivity contribution in [3.05, 3.63) is 54.1 Å². The van der Waals surface area contributed by atoms with Crippen LogP contribution in [0.3, 0.4) is 0 Å². The molecule has 0 saturated heterocycles. The van der Waals surface area contributed by atoms with Gasteiger partial charge in [-0.25, -0.2) is 5.43 Å². The first kappa shape index (κ1) is 26.3. The molecule has 2 aromatic carbocycles. The van der Waals surface area contributed by atoms with E-state index in [-0.39, 0.29) is 18.6 Å². The van der Waals surface area contributed by atoms with Crippen molar-refractivity contribution in [3.63, 3.8) is 0 Å². The molecule has 0 unspecified atom stereocenters. The van der Waals surface area contributed by atoms with E-state index in [0.29, 0.717) is 42.3 Å². The molecule has 2 aromatic rings. The van der Waals surface area contributed by atoms with Gasteiger partial charge in [-0.2, -0.15) is 5.10 Å². The van der Waals surface area contributed by atoms with Crippen molar-refractivity contribution in [2.75, 3.05) is 32.2 Å². The summed E-state index contributed by atoms with van der Waals surface area (Å²) in [5, 5.41) is 8.99. The number of hydrazone groups is 1. The number of nitrogens with one attached hydrogen (secondary N) is 3. The van der Waals surface area contributed by atoms with Gasteiger partial charge >= 0.3 is 11.8 Å². The normalized spacial score (nSPS) is 10.7. The van der Waals surface area contributed by atoms with Gasteiger partial charge in [-0.3, -0.25) is 14.4 Å². The summed E-state index contributed by atoms with van der Waals surface area (Å²) in [5.74, 6) is -0.809. The van der Waals surface area contributed by atoms with E-state index in [9.17, 15) is 14.4 Å². The monoisotopic (exact) mass is 470 g/mol. The van der Waals surface area contributed by atoms with Crippen LogP contribution in [0.5, 0.6) is 11.5 Å². The molecular weight excluding hydrogens is 440 g/mol. The fourth-order valence-corrected chi connectivity index (χ4v) is 2.59. The number of rotatable bonds is 12. The smallest absolute Gasteiger partial charge is 0.329 e. The van der Waals surface area contributed by atoms with Crippen molar-refractivity contribution in [2.45, 2.75) is 26.4 Å². The lowest BCUT2D eigenvalue weighted by molar-refractivity contribution is -0.139. The zero-order chi connectivity index (χ0) is 24.8. The first-order valence-electron chi connectivity index (χ1n) is 10.8. The highest BCUT2D eigenvalue weighted by Crippen LogP contribution is 2.17. The predicted molar refractivity (Wildman–Crippen MR) is 128 cm³/mol. The summed E-state index contributed by atoms with van der Waals surface area (Å²) in [6, 6.07) is 13.7. The highest BCUT2D eigenvalue weighted by molar-refractivity contribution is 6.35. The second kappa shape index (κ2) is 14.3. The van der Waals surface area contributed by atoms with Crippen LogP contribution in [0.4, 0.5) is 5.69 Å². The van der Waals surface area contributed by atoms with Crippen molar-refractivity contribution < 1.29 is 28.6 Å². The topological polar surface area (TPSA) is 127 Å². The van der Waals surface area contributed by atoms with E-state index >= 15 is 0 Å². The minimum atomic E-state index is -0.858. The fourth-order valence-electron chi connectivity index (χ4n) is 2.59. The first-order chi connectivity index (χ1) is 16.4. The SMILES string of the molecule is COc1cccc(NC(=O)COc2ccc(/C=N\NC(=O)C(=O)NCCCOC(C)C)cc2)c1. The number of benzene rings is 2. The van der Waals surface area contributed by atoms with E-state index in [1.807, 2.05) is 13.8 Å². The summed E-state index contributed by atoms with van der Waals surface area (Å²) in [6.45, 7) is 4.52. The van der Waals surface area contributed by atoms with Crippen LogP contribution < -0.4 is 25.5 Å². The Morgan fingerprint density at radius 3 is 2.50 bits per heavy atom. The minimum Gasteiger partial charge on any atom is -0.497 e. The van der Waals surface area contributed by atoms with Crippen LogP contribution in [0, 0.1) is 0 Å². The third-order valence-corrected chi connectivity index (χ3v) is 4.25. The molecule has 2 rings (SSSR count). The van der Waals surface area contributed by atoms with Gasteiger partial charge in [0.25, 0.3) is 5.91 Å². The Bertz CT molecular complexity index is 976. The number of hydrogen-bond donors (Lipinski definition) is 3. The van der Waals surface area contributed by atoms with E-state index in [4.69, 9.17) is 14.2 Å². The third-order valence-electron chi connectivity index (χ3n) is 4.25. The maximum Gasteiger partial charge on any atom is 0.329 e. The van der Waals surface area contributed by atoms with Crippen molar-refractivity contribution >= 4 is 29.6 Å². The Morgan fingerprint density at radius 1 is 1.03 bits per heavy atom. The average molecular weight is 471 g/mol. The molecule has 10 nitrogen and oxygen atoms in total. The highest BCUT2D eigenvalue weighted by atomic mass is 16.5. The molecule has 3 N–H and O–H groups in total. The molecule has 0 spiro atoms. The van der Waals surface area contributed by atoms with E-state index < -0.39 is 11.8 Å². The Morgan fingerprint density at radius 2 is 1.79 bits per heavy atom. The molecule has 0 aliphatic rings. The third kappa shape index (κ3) is 10.1. The van der Waals surface area contributed by atoms with Gasteiger partial charge in [-0.05, 0) is 62.2 Å². The molecular formula is C24H30N4O6. The van der Waals surface area contributed by atoms with Crippen molar-refractivity contribution in [1.29, 1.82) is 0 Å². The Kier molecular flexibility index (Phi) is 11.1. The summed E-state index contributed by atoms with van der Waals surface area (Å²) in [6.07, 6.45) is 2.12. The number of amides is 3. The summed E-state index contributed by atoms with van der Waals surface area (Å²) in [5.41, 5.74) is 3.44. The summed E-state index contributed by atoms with van der Waals surface area (Å²) in [7, 11) is 1.55. The summed E-state index contributed by atoms with van der Waals surface area (Å²) < 4.78 is 16.0. The Hall–Kier alpha value is -3.92. The van der Waals surface area contributed by atoms with Crippen LogP contribution in [-0.2, 0) is 19.1 Å². The predicted octanol–water partition coefficient (Wildman–Crippen LogP) is 2.09. The zero-order valence-electron chi connectivity index (χ0n) is 19.5. The van der Waals surface area contributed by atoms with Crippen LogP contribution in [0.1, 0.15) is 25.8 Å². The summed E-state index contributed by atoms with van der Waals surface area (Å²) in [4.78, 5) is 35.5. The molecule has 0 aliphatic heterocycles. The van der Waals surface area contributed by atoms with Gasteiger partial charge in [-0.15, -0.1) is 0 Å². The number of nitrogens with zero attached hydrogens (tertiary/aromatic N) is 1. The van der Waals surface area contributed by atoms with Crippen LogP contribution in [0.2, 0.25) is 0 Å². The van der Waals surface area contributed by atoms with Crippen molar-refractivity contribution in [1.82, 2.24) is 10.7 Å². The number of hydrogen-bond acceptors (Lipinski definition) is 7. The molecule has 0 aromatic heterocycles. The molecule has 0 fully saturated rings. The number of anilines is 1. The van der Waals surface area contributed by atoms with E-state index in [0.717, 1.165) is 0 Å². The molecule has 0 heterocycles. The average Bonchev–Trinajstić information content (AvgIpc) is 2.83. The number of methoxy groups -OCH3 is 1. The molecule has 3 amide bonds. The number of carbonyl (C=O) groups is 3. The van der Waals surface area contributed by atoms with E-state index in [1.165, 1.54) is 6.21 Å². The molecule has 0 radical (unpaired) electrons. The molecule has 0 aliphatic carbocycles. The van der Waals surface area contributed by atoms with E-state index in [2.05, 4.69) is 21.2 Å². The lowest BCUT2D eigenvalue weighted by Crippen LogP contribution is -2.38. The number of carbonyl (C=O) groups excluding carboxylic acids is 3. The van der Waals surface area contributed by atoms with Crippen molar-refractivity contribution in [2.24, 2.45) is 5.10 Å². The maximum atomic E-state index is 12.1. The van der Waals surface area contributed by atoms with Crippen molar-refractivity contribution in [3.8, 4) is 11.5 Å². The Labute approximate surface area is 198 Å². The summed E-state index contributed by atoms with van der Waals surface area (Å²) >= 11 is 0. The number of ether oxygens (including phenoxy) is 3. The second-order valence-corrected chi connectivity index (χ2v) is 7.37. The van der Waals surface area contributed by atoms with Gasteiger partial charge in [0.1, 0.15) is 11.5 Å². The molecule has 10 heteroatoms.